The number of hydrogen-bond donors (Lipinski definition) is 2. The summed E-state index contributed by atoms with van der Waals surface area (Å²) in [7, 11) is 0. The molecule has 5 nitrogen and oxygen atoms in total. The van der Waals surface area contributed by atoms with Gasteiger partial charge in [0.1, 0.15) is 11.7 Å². The average Bonchev–Trinajstić information content (AvgIpc) is 3.08. The number of amidine groups is 1. The van der Waals surface area contributed by atoms with E-state index in [1.54, 1.807) is 12.1 Å². The minimum atomic E-state index is -0.222. The standard InChI is InChI=1S/C16H23FN4O/c17-14-12-13(16-19-5-6-20-16)2-3-15(14)18-4-1-7-21-8-10-22-11-9-21/h2-3,12,18H,1,4-11H2,(H,19,20). The van der Waals surface area contributed by atoms with Crippen molar-refractivity contribution >= 4 is 11.5 Å². The highest BCUT2D eigenvalue weighted by molar-refractivity contribution is 6.00. The highest BCUT2D eigenvalue weighted by atomic mass is 19.1. The van der Waals surface area contributed by atoms with Crippen molar-refractivity contribution in [2.75, 3.05) is 57.8 Å². The number of anilines is 1. The van der Waals surface area contributed by atoms with E-state index in [4.69, 9.17) is 4.74 Å². The summed E-state index contributed by atoms with van der Waals surface area (Å²) in [5.74, 6) is 0.568. The van der Waals surface area contributed by atoms with Gasteiger partial charge in [-0.3, -0.25) is 9.89 Å². The lowest BCUT2D eigenvalue weighted by Crippen LogP contribution is -2.37. The summed E-state index contributed by atoms with van der Waals surface area (Å²) in [4.78, 5) is 6.69. The normalized spacial score (nSPS) is 18.9. The van der Waals surface area contributed by atoms with Crippen molar-refractivity contribution in [1.29, 1.82) is 0 Å². The lowest BCUT2D eigenvalue weighted by Gasteiger charge is -2.26. The average molecular weight is 306 g/mol. The Labute approximate surface area is 130 Å². The van der Waals surface area contributed by atoms with E-state index in [0.717, 1.165) is 70.3 Å². The van der Waals surface area contributed by atoms with E-state index in [0.29, 0.717) is 5.69 Å². The third-order valence-corrected chi connectivity index (χ3v) is 3.99. The molecule has 2 aliphatic rings. The number of rotatable bonds is 6. The predicted molar refractivity (Wildman–Crippen MR) is 86.2 cm³/mol. The first-order valence-corrected chi connectivity index (χ1v) is 7.95. The molecule has 1 aromatic carbocycles. The Morgan fingerprint density at radius 2 is 2.18 bits per heavy atom. The summed E-state index contributed by atoms with van der Waals surface area (Å²) in [5, 5.41) is 6.33. The van der Waals surface area contributed by atoms with Gasteiger partial charge in [0.2, 0.25) is 0 Å². The quantitative estimate of drug-likeness (QED) is 0.778. The number of nitrogens with one attached hydrogen (secondary N) is 2. The molecule has 22 heavy (non-hydrogen) atoms. The minimum absolute atomic E-state index is 0.222. The molecule has 1 fully saturated rings. The van der Waals surface area contributed by atoms with Crippen LogP contribution in [0.2, 0.25) is 0 Å². The van der Waals surface area contributed by atoms with Crippen molar-refractivity contribution in [1.82, 2.24) is 10.2 Å². The zero-order chi connectivity index (χ0) is 15.2. The molecule has 1 saturated heterocycles. The van der Waals surface area contributed by atoms with Gasteiger partial charge in [0.15, 0.2) is 0 Å². The fraction of sp³-hybridized carbons (Fsp3) is 0.562. The highest BCUT2D eigenvalue weighted by Gasteiger charge is 2.12. The Hall–Kier alpha value is -1.66. The predicted octanol–water partition coefficient (Wildman–Crippen LogP) is 1.31. The van der Waals surface area contributed by atoms with E-state index in [-0.39, 0.29) is 5.82 Å². The zero-order valence-electron chi connectivity index (χ0n) is 12.8. The van der Waals surface area contributed by atoms with Crippen LogP contribution in [0, 0.1) is 5.82 Å². The van der Waals surface area contributed by atoms with E-state index in [1.807, 2.05) is 6.07 Å². The first-order valence-electron chi connectivity index (χ1n) is 7.95. The van der Waals surface area contributed by atoms with Crippen LogP contribution in [0.25, 0.3) is 0 Å². The molecule has 0 spiro atoms. The number of morpholine rings is 1. The fourth-order valence-electron chi connectivity index (χ4n) is 2.75. The molecule has 0 atom stereocenters. The zero-order valence-corrected chi connectivity index (χ0v) is 12.8. The lowest BCUT2D eigenvalue weighted by molar-refractivity contribution is 0.0378. The molecule has 0 aromatic heterocycles. The number of ether oxygens (including phenoxy) is 1. The van der Waals surface area contributed by atoms with Crippen molar-refractivity contribution in [3.63, 3.8) is 0 Å². The van der Waals surface area contributed by atoms with Crippen LogP contribution < -0.4 is 10.6 Å². The largest absolute Gasteiger partial charge is 0.383 e. The maximum Gasteiger partial charge on any atom is 0.147 e. The SMILES string of the molecule is Fc1cc(C2=NCCN2)ccc1NCCCN1CCOCC1. The van der Waals surface area contributed by atoms with Crippen LogP contribution in [0.15, 0.2) is 23.2 Å². The molecule has 1 aromatic rings. The monoisotopic (exact) mass is 306 g/mol. The molecule has 0 aliphatic carbocycles. The van der Waals surface area contributed by atoms with E-state index < -0.39 is 0 Å². The van der Waals surface area contributed by atoms with Crippen LogP contribution in [0.1, 0.15) is 12.0 Å². The number of halogens is 1. The van der Waals surface area contributed by atoms with Gasteiger partial charge in [0, 0.05) is 31.7 Å². The van der Waals surface area contributed by atoms with Crippen molar-refractivity contribution in [3.05, 3.63) is 29.6 Å². The molecule has 0 saturated carbocycles. The Kier molecular flexibility index (Phi) is 5.24. The molecule has 0 radical (unpaired) electrons. The fourth-order valence-corrected chi connectivity index (χ4v) is 2.75. The third-order valence-electron chi connectivity index (χ3n) is 3.99. The molecule has 0 unspecified atom stereocenters. The van der Waals surface area contributed by atoms with E-state index in [1.165, 1.54) is 0 Å². The Balaban J connectivity index is 1.46. The third kappa shape index (κ3) is 3.96. The Morgan fingerprint density at radius 3 is 2.91 bits per heavy atom. The number of aliphatic imine (C=N–C) groups is 1. The maximum absolute atomic E-state index is 14.1. The van der Waals surface area contributed by atoms with E-state index >= 15 is 0 Å². The van der Waals surface area contributed by atoms with Crippen molar-refractivity contribution in [2.24, 2.45) is 4.99 Å². The summed E-state index contributed by atoms with van der Waals surface area (Å²) in [6.45, 7) is 7.03. The van der Waals surface area contributed by atoms with Crippen LogP contribution in [-0.4, -0.2) is 63.2 Å². The van der Waals surface area contributed by atoms with Crippen LogP contribution in [0.4, 0.5) is 10.1 Å². The molecule has 0 amide bonds. The van der Waals surface area contributed by atoms with Gasteiger partial charge >= 0.3 is 0 Å². The van der Waals surface area contributed by atoms with Gasteiger partial charge in [-0.1, -0.05) is 0 Å². The van der Waals surface area contributed by atoms with Crippen LogP contribution in [-0.2, 0) is 4.74 Å². The van der Waals surface area contributed by atoms with Crippen LogP contribution in [0.3, 0.4) is 0 Å². The van der Waals surface area contributed by atoms with Crippen molar-refractivity contribution < 1.29 is 9.13 Å². The molecule has 6 heteroatoms. The second-order valence-corrected chi connectivity index (χ2v) is 5.59. The van der Waals surface area contributed by atoms with Gasteiger partial charge in [-0.25, -0.2) is 4.39 Å². The highest BCUT2D eigenvalue weighted by Crippen LogP contribution is 2.16. The molecule has 120 valence electrons. The topological polar surface area (TPSA) is 48.9 Å². The molecule has 3 rings (SSSR count). The van der Waals surface area contributed by atoms with Crippen molar-refractivity contribution in [3.8, 4) is 0 Å². The lowest BCUT2D eigenvalue weighted by atomic mass is 10.1. The minimum Gasteiger partial charge on any atom is -0.383 e. The molecule has 2 N–H and O–H groups in total. The number of benzene rings is 1. The summed E-state index contributed by atoms with van der Waals surface area (Å²) in [6, 6.07) is 5.24. The van der Waals surface area contributed by atoms with Gasteiger partial charge in [-0.05, 0) is 31.2 Å². The second kappa shape index (κ2) is 7.56. The molecule has 0 bridgehead atoms. The first kappa shape index (κ1) is 15.2. The number of hydrogen-bond acceptors (Lipinski definition) is 5. The van der Waals surface area contributed by atoms with Crippen molar-refractivity contribution in [2.45, 2.75) is 6.42 Å². The van der Waals surface area contributed by atoms with Gasteiger partial charge in [0.05, 0.1) is 25.4 Å². The smallest absolute Gasteiger partial charge is 0.147 e. The summed E-state index contributed by atoms with van der Waals surface area (Å²) in [5.41, 5.74) is 1.37. The van der Waals surface area contributed by atoms with Gasteiger partial charge in [-0.2, -0.15) is 0 Å². The summed E-state index contributed by atoms with van der Waals surface area (Å²) in [6.07, 6.45) is 0.995. The molecule has 2 aliphatic heterocycles. The van der Waals surface area contributed by atoms with E-state index in [9.17, 15) is 4.39 Å². The van der Waals surface area contributed by atoms with Crippen LogP contribution in [0.5, 0.6) is 0 Å². The Morgan fingerprint density at radius 1 is 1.32 bits per heavy atom. The molecule has 2 heterocycles. The van der Waals surface area contributed by atoms with Gasteiger partial charge < -0.3 is 15.4 Å². The van der Waals surface area contributed by atoms with Gasteiger partial charge in [0.25, 0.3) is 0 Å². The Bertz CT molecular complexity index is 529. The van der Waals surface area contributed by atoms with Crippen LogP contribution >= 0.6 is 0 Å². The molecular weight excluding hydrogens is 283 g/mol. The molecular formula is C16H23FN4O. The second-order valence-electron chi connectivity index (χ2n) is 5.59. The van der Waals surface area contributed by atoms with Gasteiger partial charge in [-0.15, -0.1) is 0 Å². The number of nitrogens with zero attached hydrogens (tertiary/aromatic N) is 2. The first-order chi connectivity index (χ1) is 10.8. The summed E-state index contributed by atoms with van der Waals surface area (Å²) < 4.78 is 19.4. The summed E-state index contributed by atoms with van der Waals surface area (Å²) >= 11 is 0. The maximum atomic E-state index is 14.1. The van der Waals surface area contributed by atoms with E-state index in [2.05, 4.69) is 20.5 Å².